The van der Waals surface area contributed by atoms with Gasteiger partial charge in [-0.25, -0.2) is 14.4 Å². The summed E-state index contributed by atoms with van der Waals surface area (Å²) in [7, 11) is 6.18. The van der Waals surface area contributed by atoms with Gasteiger partial charge in [0.25, 0.3) is 0 Å². The first-order chi connectivity index (χ1) is 9.70. The molecule has 21 heavy (non-hydrogen) atoms. The quantitative estimate of drug-likeness (QED) is 0.538. The van der Waals surface area contributed by atoms with Crippen molar-refractivity contribution in [3.8, 4) is 0 Å². The number of amides is 2. The van der Waals surface area contributed by atoms with Crippen molar-refractivity contribution in [1.82, 2.24) is 9.80 Å². The van der Waals surface area contributed by atoms with Crippen molar-refractivity contribution in [2.75, 3.05) is 34.9 Å². The summed E-state index contributed by atoms with van der Waals surface area (Å²) in [5.74, 6) is -1.18. The minimum atomic E-state index is -0.656. The standard InChI is InChI=1S/C14H24N2O5/c1-10(2)11(16(5)14(19)15(3)4)9-21-13(18)8-7-12(17)20-6/h7-8,10-11H,9H2,1-6H3/b8-7+/t11-/m0/s1. The van der Waals surface area contributed by atoms with Gasteiger partial charge in [0.15, 0.2) is 0 Å². The Bertz CT molecular complexity index is 404. The normalized spacial score (nSPS) is 12.1. The van der Waals surface area contributed by atoms with Crippen molar-refractivity contribution >= 4 is 18.0 Å². The molecule has 0 aromatic heterocycles. The highest BCUT2D eigenvalue weighted by Crippen LogP contribution is 2.11. The molecule has 0 fully saturated rings. The number of carbonyl (C=O) groups is 3. The summed E-state index contributed by atoms with van der Waals surface area (Å²) in [5, 5.41) is 0. The molecular weight excluding hydrogens is 276 g/mol. The van der Waals surface area contributed by atoms with Crippen LogP contribution in [0, 0.1) is 5.92 Å². The number of hydrogen-bond acceptors (Lipinski definition) is 5. The highest BCUT2D eigenvalue weighted by atomic mass is 16.5. The number of esters is 2. The van der Waals surface area contributed by atoms with E-state index in [0.717, 1.165) is 12.2 Å². The second-order valence-electron chi connectivity index (χ2n) is 5.09. The van der Waals surface area contributed by atoms with Gasteiger partial charge in [-0.2, -0.15) is 0 Å². The smallest absolute Gasteiger partial charge is 0.331 e. The van der Waals surface area contributed by atoms with Crippen molar-refractivity contribution in [3.05, 3.63) is 12.2 Å². The summed E-state index contributed by atoms with van der Waals surface area (Å²) >= 11 is 0. The average Bonchev–Trinajstić information content (AvgIpc) is 2.43. The Labute approximate surface area is 125 Å². The van der Waals surface area contributed by atoms with Gasteiger partial charge in [0.1, 0.15) is 6.61 Å². The van der Waals surface area contributed by atoms with Crippen LogP contribution < -0.4 is 0 Å². The molecule has 0 heterocycles. The molecule has 0 saturated heterocycles. The van der Waals surface area contributed by atoms with E-state index in [-0.39, 0.29) is 24.6 Å². The zero-order chi connectivity index (χ0) is 16.6. The number of likely N-dealkylation sites (N-methyl/N-ethyl adjacent to an activating group) is 1. The Morgan fingerprint density at radius 1 is 1.05 bits per heavy atom. The summed E-state index contributed by atoms with van der Waals surface area (Å²) in [6.07, 6.45) is 1.98. The maximum Gasteiger partial charge on any atom is 0.331 e. The van der Waals surface area contributed by atoms with E-state index >= 15 is 0 Å². The fourth-order valence-electron chi connectivity index (χ4n) is 1.63. The molecule has 0 radical (unpaired) electrons. The van der Waals surface area contributed by atoms with Crippen LogP contribution in [0.15, 0.2) is 12.2 Å². The lowest BCUT2D eigenvalue weighted by Gasteiger charge is -2.32. The van der Waals surface area contributed by atoms with Gasteiger partial charge in [0, 0.05) is 33.3 Å². The minimum absolute atomic E-state index is 0.0537. The van der Waals surface area contributed by atoms with Crippen LogP contribution >= 0.6 is 0 Å². The van der Waals surface area contributed by atoms with Crippen LogP contribution in [0.1, 0.15) is 13.8 Å². The highest BCUT2D eigenvalue weighted by molar-refractivity contribution is 5.91. The minimum Gasteiger partial charge on any atom is -0.466 e. The van der Waals surface area contributed by atoms with Crippen molar-refractivity contribution in [2.45, 2.75) is 19.9 Å². The predicted octanol–water partition coefficient (Wildman–Crippen LogP) is 0.897. The number of urea groups is 1. The maximum absolute atomic E-state index is 11.9. The molecule has 0 saturated carbocycles. The van der Waals surface area contributed by atoms with E-state index in [9.17, 15) is 14.4 Å². The molecule has 7 nitrogen and oxygen atoms in total. The van der Waals surface area contributed by atoms with E-state index in [1.165, 1.54) is 16.9 Å². The van der Waals surface area contributed by atoms with Gasteiger partial charge in [0.2, 0.25) is 0 Å². The molecule has 0 N–H and O–H groups in total. The Morgan fingerprint density at radius 3 is 2.00 bits per heavy atom. The number of hydrogen-bond donors (Lipinski definition) is 0. The molecular formula is C14H24N2O5. The van der Waals surface area contributed by atoms with E-state index in [0.29, 0.717) is 0 Å². The zero-order valence-electron chi connectivity index (χ0n) is 13.5. The van der Waals surface area contributed by atoms with Gasteiger partial charge in [-0.3, -0.25) is 0 Å². The van der Waals surface area contributed by atoms with E-state index in [4.69, 9.17) is 4.74 Å². The molecule has 0 unspecified atom stereocenters. The van der Waals surface area contributed by atoms with Crippen molar-refractivity contribution in [3.63, 3.8) is 0 Å². The molecule has 0 spiro atoms. The topological polar surface area (TPSA) is 76.2 Å². The van der Waals surface area contributed by atoms with Crippen molar-refractivity contribution in [2.24, 2.45) is 5.92 Å². The maximum atomic E-state index is 11.9. The number of carbonyl (C=O) groups excluding carboxylic acids is 3. The first-order valence-corrected chi connectivity index (χ1v) is 6.57. The summed E-state index contributed by atoms with van der Waals surface area (Å²) < 4.78 is 9.43. The molecule has 7 heteroatoms. The van der Waals surface area contributed by atoms with Crippen LogP contribution in [0.4, 0.5) is 4.79 Å². The fourth-order valence-corrected chi connectivity index (χ4v) is 1.63. The SMILES string of the molecule is COC(=O)/C=C/C(=O)OC[C@@H](C(C)C)N(C)C(=O)N(C)C. The van der Waals surface area contributed by atoms with Gasteiger partial charge in [-0.15, -0.1) is 0 Å². The summed E-state index contributed by atoms with van der Waals surface area (Å²) in [6.45, 7) is 3.92. The van der Waals surface area contributed by atoms with E-state index in [1.54, 1.807) is 21.1 Å². The first-order valence-electron chi connectivity index (χ1n) is 6.57. The summed E-state index contributed by atoms with van der Waals surface area (Å²) in [5.41, 5.74) is 0. The number of ether oxygens (including phenoxy) is 2. The molecule has 0 aromatic carbocycles. The first kappa shape index (κ1) is 18.9. The monoisotopic (exact) mass is 300 g/mol. The third-order valence-electron chi connectivity index (χ3n) is 2.90. The third kappa shape index (κ3) is 6.78. The van der Waals surface area contributed by atoms with Gasteiger partial charge >= 0.3 is 18.0 Å². The summed E-state index contributed by atoms with van der Waals surface area (Å²) in [4.78, 5) is 37.3. The van der Waals surface area contributed by atoms with Crippen LogP contribution in [0.2, 0.25) is 0 Å². The third-order valence-corrected chi connectivity index (χ3v) is 2.90. The molecule has 0 aliphatic carbocycles. The fraction of sp³-hybridized carbons (Fsp3) is 0.643. The van der Waals surface area contributed by atoms with E-state index in [1.807, 2.05) is 13.8 Å². The average molecular weight is 300 g/mol. The molecule has 0 aromatic rings. The Hall–Kier alpha value is -2.05. The molecule has 0 aliphatic rings. The Balaban J connectivity index is 4.60. The predicted molar refractivity (Wildman–Crippen MR) is 77.6 cm³/mol. The van der Waals surface area contributed by atoms with E-state index in [2.05, 4.69) is 4.74 Å². The van der Waals surface area contributed by atoms with Crippen LogP contribution in [0.3, 0.4) is 0 Å². The lowest BCUT2D eigenvalue weighted by molar-refractivity contribution is -0.140. The van der Waals surface area contributed by atoms with Crippen LogP contribution in [-0.4, -0.2) is 68.7 Å². The molecule has 0 rings (SSSR count). The van der Waals surface area contributed by atoms with Crippen LogP contribution in [0.5, 0.6) is 0 Å². The lowest BCUT2D eigenvalue weighted by Crippen LogP contribution is -2.47. The number of nitrogens with zero attached hydrogens (tertiary/aromatic N) is 2. The van der Waals surface area contributed by atoms with Crippen molar-refractivity contribution < 1.29 is 23.9 Å². The second-order valence-corrected chi connectivity index (χ2v) is 5.09. The molecule has 1 atom stereocenters. The van der Waals surface area contributed by atoms with Gasteiger partial charge < -0.3 is 19.3 Å². The zero-order valence-corrected chi connectivity index (χ0v) is 13.5. The second kappa shape index (κ2) is 8.99. The Kier molecular flexibility index (Phi) is 8.11. The Morgan fingerprint density at radius 2 is 1.57 bits per heavy atom. The van der Waals surface area contributed by atoms with E-state index < -0.39 is 11.9 Å². The highest BCUT2D eigenvalue weighted by Gasteiger charge is 2.25. The number of rotatable bonds is 6. The molecule has 120 valence electrons. The van der Waals surface area contributed by atoms with Crippen LogP contribution in [-0.2, 0) is 19.1 Å². The van der Waals surface area contributed by atoms with Gasteiger partial charge in [-0.05, 0) is 5.92 Å². The molecule has 2 amide bonds. The summed E-state index contributed by atoms with van der Waals surface area (Å²) in [6, 6.07) is -0.426. The lowest BCUT2D eigenvalue weighted by atomic mass is 10.0. The van der Waals surface area contributed by atoms with Crippen molar-refractivity contribution in [1.29, 1.82) is 0 Å². The molecule has 0 aliphatic heterocycles. The van der Waals surface area contributed by atoms with Gasteiger partial charge in [0.05, 0.1) is 13.2 Å². The van der Waals surface area contributed by atoms with Crippen LogP contribution in [0.25, 0.3) is 0 Å². The largest absolute Gasteiger partial charge is 0.466 e. The number of methoxy groups -OCH3 is 1. The molecule has 0 bridgehead atoms. The van der Waals surface area contributed by atoms with Gasteiger partial charge in [-0.1, -0.05) is 13.8 Å².